The molecule has 3 heterocycles. The maximum absolute atomic E-state index is 12.9. The van der Waals surface area contributed by atoms with Crippen LogP contribution in [0.4, 0.5) is 0 Å². The van der Waals surface area contributed by atoms with Crippen LogP contribution in [0.3, 0.4) is 0 Å². The first-order valence-electron chi connectivity index (χ1n) is 8.72. The first kappa shape index (κ1) is 17.9. The van der Waals surface area contributed by atoms with E-state index in [0.29, 0.717) is 25.9 Å². The predicted octanol–water partition coefficient (Wildman–Crippen LogP) is 3.19. The van der Waals surface area contributed by atoms with E-state index < -0.39 is 0 Å². The number of carbonyl (C=O) groups excluding carboxylic acids is 1. The van der Waals surface area contributed by atoms with Crippen LogP contribution in [0.1, 0.15) is 34.7 Å². The summed E-state index contributed by atoms with van der Waals surface area (Å²) in [6, 6.07) is 7.58. The average Bonchev–Trinajstić information content (AvgIpc) is 3.22. The van der Waals surface area contributed by atoms with Gasteiger partial charge in [0.05, 0.1) is 18.5 Å². The van der Waals surface area contributed by atoms with Crippen molar-refractivity contribution in [2.24, 2.45) is 7.05 Å². The Balaban J connectivity index is 1.71. The van der Waals surface area contributed by atoms with Gasteiger partial charge in [0.25, 0.3) is 0 Å². The minimum atomic E-state index is 0.0907. The smallest absolute Gasteiger partial charge is 0.223 e. The van der Waals surface area contributed by atoms with Gasteiger partial charge in [-0.1, -0.05) is 6.07 Å². The number of amides is 1. The van der Waals surface area contributed by atoms with Crippen LogP contribution in [-0.4, -0.2) is 25.6 Å². The second-order valence-corrected chi connectivity index (χ2v) is 6.46. The van der Waals surface area contributed by atoms with E-state index in [1.807, 2.05) is 54.7 Å². The summed E-state index contributed by atoms with van der Waals surface area (Å²) in [4.78, 5) is 18.9. The summed E-state index contributed by atoms with van der Waals surface area (Å²) in [7, 11) is 1.93. The molecule has 6 nitrogen and oxygen atoms in total. The van der Waals surface area contributed by atoms with Gasteiger partial charge in [-0.05, 0) is 49.6 Å². The number of furan rings is 1. The lowest BCUT2D eigenvalue weighted by molar-refractivity contribution is -0.132. The highest BCUT2D eigenvalue weighted by Gasteiger charge is 2.18. The fourth-order valence-electron chi connectivity index (χ4n) is 3.10. The van der Waals surface area contributed by atoms with Crippen molar-refractivity contribution < 1.29 is 9.21 Å². The monoisotopic (exact) mass is 352 g/mol. The summed E-state index contributed by atoms with van der Waals surface area (Å²) >= 11 is 0. The molecular weight excluding hydrogens is 328 g/mol. The van der Waals surface area contributed by atoms with Gasteiger partial charge >= 0.3 is 0 Å². The molecule has 3 rings (SSSR count). The van der Waals surface area contributed by atoms with Gasteiger partial charge in [-0.15, -0.1) is 0 Å². The maximum Gasteiger partial charge on any atom is 0.223 e. The first-order chi connectivity index (χ1) is 12.5. The molecule has 26 heavy (non-hydrogen) atoms. The zero-order valence-electron chi connectivity index (χ0n) is 15.5. The second-order valence-electron chi connectivity index (χ2n) is 6.46. The van der Waals surface area contributed by atoms with Crippen molar-refractivity contribution in [1.82, 2.24) is 19.7 Å². The zero-order valence-corrected chi connectivity index (χ0v) is 15.5. The van der Waals surface area contributed by atoms with Crippen molar-refractivity contribution >= 4 is 5.91 Å². The fourth-order valence-corrected chi connectivity index (χ4v) is 3.10. The van der Waals surface area contributed by atoms with Gasteiger partial charge in [0.1, 0.15) is 5.76 Å². The molecule has 1 amide bonds. The van der Waals surface area contributed by atoms with Crippen molar-refractivity contribution in [2.45, 2.75) is 39.8 Å². The van der Waals surface area contributed by atoms with Gasteiger partial charge in [0, 0.05) is 38.1 Å². The Hall–Kier alpha value is -2.89. The van der Waals surface area contributed by atoms with Crippen LogP contribution in [0.15, 0.2) is 47.3 Å². The lowest BCUT2D eigenvalue weighted by Gasteiger charge is -2.22. The molecule has 0 atom stereocenters. The van der Waals surface area contributed by atoms with Gasteiger partial charge in [0.2, 0.25) is 5.91 Å². The van der Waals surface area contributed by atoms with Crippen molar-refractivity contribution in [1.29, 1.82) is 0 Å². The SMILES string of the molecule is Cc1nn(C)c(C)c1CCC(=O)N(Cc1cccnc1)Cc1ccco1. The van der Waals surface area contributed by atoms with Gasteiger partial charge < -0.3 is 9.32 Å². The Morgan fingerprint density at radius 1 is 1.23 bits per heavy atom. The summed E-state index contributed by atoms with van der Waals surface area (Å²) in [5.74, 6) is 0.865. The van der Waals surface area contributed by atoms with E-state index in [2.05, 4.69) is 10.1 Å². The number of nitrogens with zero attached hydrogens (tertiary/aromatic N) is 4. The highest BCUT2D eigenvalue weighted by molar-refractivity contribution is 5.76. The van der Waals surface area contributed by atoms with Crippen molar-refractivity contribution in [3.05, 3.63) is 71.2 Å². The van der Waals surface area contributed by atoms with E-state index >= 15 is 0 Å². The summed E-state index contributed by atoms with van der Waals surface area (Å²) in [5.41, 5.74) is 4.25. The zero-order chi connectivity index (χ0) is 18.5. The molecule has 0 aliphatic carbocycles. The van der Waals surface area contributed by atoms with Gasteiger partial charge in [-0.3, -0.25) is 14.5 Å². The molecule has 0 bridgehead atoms. The van der Waals surface area contributed by atoms with Gasteiger partial charge in [0.15, 0.2) is 0 Å². The number of hydrogen-bond donors (Lipinski definition) is 0. The van der Waals surface area contributed by atoms with Crippen molar-refractivity contribution in [2.75, 3.05) is 0 Å². The normalized spacial score (nSPS) is 10.9. The Bertz CT molecular complexity index is 854. The quantitative estimate of drug-likeness (QED) is 0.655. The lowest BCUT2D eigenvalue weighted by atomic mass is 10.1. The molecule has 0 fully saturated rings. The molecule has 0 aromatic carbocycles. The third-order valence-electron chi connectivity index (χ3n) is 4.62. The molecule has 3 aromatic heterocycles. The Morgan fingerprint density at radius 3 is 2.69 bits per heavy atom. The molecule has 136 valence electrons. The van der Waals surface area contributed by atoms with Crippen molar-refractivity contribution in [3.63, 3.8) is 0 Å². The third-order valence-corrected chi connectivity index (χ3v) is 4.62. The summed E-state index contributed by atoms with van der Waals surface area (Å²) in [5, 5.41) is 4.43. The van der Waals surface area contributed by atoms with Crippen molar-refractivity contribution in [3.8, 4) is 0 Å². The van der Waals surface area contributed by atoms with Crippen LogP contribution in [-0.2, 0) is 31.4 Å². The van der Waals surface area contributed by atoms with Crippen LogP contribution >= 0.6 is 0 Å². The van der Waals surface area contributed by atoms with E-state index in [-0.39, 0.29) is 5.91 Å². The average molecular weight is 352 g/mol. The van der Waals surface area contributed by atoms with E-state index in [0.717, 1.165) is 28.3 Å². The topological polar surface area (TPSA) is 64.2 Å². The molecule has 6 heteroatoms. The van der Waals surface area contributed by atoms with Crippen LogP contribution in [0.2, 0.25) is 0 Å². The fraction of sp³-hybridized carbons (Fsp3) is 0.350. The molecule has 0 spiro atoms. The number of pyridine rings is 1. The van der Waals surface area contributed by atoms with E-state index in [4.69, 9.17) is 4.42 Å². The third kappa shape index (κ3) is 4.20. The molecule has 0 unspecified atom stereocenters. The molecular formula is C20H24N4O2. The van der Waals surface area contributed by atoms with Gasteiger partial charge in [-0.25, -0.2) is 0 Å². The Labute approximate surface area is 153 Å². The van der Waals surface area contributed by atoms with Crippen LogP contribution in [0.5, 0.6) is 0 Å². The number of carbonyl (C=O) groups is 1. The number of hydrogen-bond acceptors (Lipinski definition) is 4. The largest absolute Gasteiger partial charge is 0.467 e. The Kier molecular flexibility index (Phi) is 5.51. The summed E-state index contributed by atoms with van der Waals surface area (Å²) < 4.78 is 7.30. The van der Waals surface area contributed by atoms with E-state index in [9.17, 15) is 4.79 Å². The minimum Gasteiger partial charge on any atom is -0.467 e. The van der Waals surface area contributed by atoms with Crippen LogP contribution in [0.25, 0.3) is 0 Å². The van der Waals surface area contributed by atoms with Crippen LogP contribution < -0.4 is 0 Å². The molecule has 0 saturated carbocycles. The number of aromatic nitrogens is 3. The van der Waals surface area contributed by atoms with E-state index in [1.54, 1.807) is 18.7 Å². The first-order valence-corrected chi connectivity index (χ1v) is 8.72. The molecule has 0 saturated heterocycles. The second kappa shape index (κ2) is 7.99. The highest BCUT2D eigenvalue weighted by atomic mass is 16.3. The van der Waals surface area contributed by atoms with Gasteiger partial charge in [-0.2, -0.15) is 5.10 Å². The predicted molar refractivity (Wildman–Crippen MR) is 98.2 cm³/mol. The Morgan fingerprint density at radius 2 is 2.08 bits per heavy atom. The number of aryl methyl sites for hydroxylation is 2. The van der Waals surface area contributed by atoms with E-state index in [1.165, 1.54) is 0 Å². The standard InChI is InChI=1S/C20H24N4O2/c1-15-19(16(2)23(3)22-15)8-9-20(25)24(14-18-7-5-11-26-18)13-17-6-4-10-21-12-17/h4-7,10-12H,8-9,13-14H2,1-3H3. The maximum atomic E-state index is 12.9. The minimum absolute atomic E-state index is 0.0907. The molecule has 0 aliphatic rings. The lowest BCUT2D eigenvalue weighted by Crippen LogP contribution is -2.30. The summed E-state index contributed by atoms with van der Waals surface area (Å²) in [6.07, 6.45) is 6.28. The molecule has 0 aliphatic heterocycles. The molecule has 3 aromatic rings. The summed E-state index contributed by atoms with van der Waals surface area (Å²) in [6.45, 7) is 4.99. The number of rotatable bonds is 7. The molecule has 0 N–H and O–H groups in total. The molecule has 0 radical (unpaired) electrons. The van der Waals surface area contributed by atoms with Crippen LogP contribution in [0, 0.1) is 13.8 Å². The highest BCUT2D eigenvalue weighted by Crippen LogP contribution is 2.17.